The molecule has 0 bridgehead atoms. The Bertz CT molecular complexity index is 122. The van der Waals surface area contributed by atoms with Gasteiger partial charge in [0, 0.05) is 26.4 Å². The van der Waals surface area contributed by atoms with Gasteiger partial charge in [0.15, 0.2) is 6.29 Å². The molecule has 1 aliphatic heterocycles. The Labute approximate surface area is 86.7 Å². The van der Waals surface area contributed by atoms with Crippen molar-refractivity contribution in [1.29, 1.82) is 0 Å². The minimum absolute atomic E-state index is 0.0656. The average molecular weight is 202 g/mol. The molecule has 1 unspecified atom stereocenters. The molecular formula is C11H22O3. The molecule has 84 valence electrons. The van der Waals surface area contributed by atoms with Crippen LogP contribution in [0.1, 0.15) is 39.0 Å². The summed E-state index contributed by atoms with van der Waals surface area (Å²) in [5, 5.41) is 0. The molecule has 1 rings (SSSR count). The highest BCUT2D eigenvalue weighted by Gasteiger charge is 2.12. The van der Waals surface area contributed by atoms with E-state index < -0.39 is 0 Å². The lowest BCUT2D eigenvalue weighted by molar-refractivity contribution is -0.163. The van der Waals surface area contributed by atoms with Crippen LogP contribution in [0.2, 0.25) is 0 Å². The predicted octanol–water partition coefficient (Wildman–Crippen LogP) is 2.35. The lowest BCUT2D eigenvalue weighted by Crippen LogP contribution is -2.22. The van der Waals surface area contributed by atoms with E-state index >= 15 is 0 Å². The van der Waals surface area contributed by atoms with Crippen LogP contribution < -0.4 is 0 Å². The van der Waals surface area contributed by atoms with E-state index in [2.05, 4.69) is 0 Å². The third-order valence-corrected chi connectivity index (χ3v) is 2.33. The molecule has 0 aromatic heterocycles. The first-order chi connectivity index (χ1) is 6.93. The van der Waals surface area contributed by atoms with E-state index in [-0.39, 0.29) is 6.29 Å². The zero-order valence-corrected chi connectivity index (χ0v) is 9.17. The van der Waals surface area contributed by atoms with Crippen LogP contribution in [0.25, 0.3) is 0 Å². The monoisotopic (exact) mass is 202 g/mol. The summed E-state index contributed by atoms with van der Waals surface area (Å²) >= 11 is 0. The third kappa shape index (κ3) is 5.58. The van der Waals surface area contributed by atoms with Crippen LogP contribution in [0.3, 0.4) is 0 Å². The fourth-order valence-corrected chi connectivity index (χ4v) is 1.51. The first-order valence-corrected chi connectivity index (χ1v) is 5.74. The normalized spacial score (nSPS) is 22.5. The van der Waals surface area contributed by atoms with Crippen LogP contribution in [0.4, 0.5) is 0 Å². The maximum Gasteiger partial charge on any atom is 0.157 e. The van der Waals surface area contributed by atoms with Crippen molar-refractivity contribution in [2.75, 3.05) is 26.4 Å². The molecule has 14 heavy (non-hydrogen) atoms. The summed E-state index contributed by atoms with van der Waals surface area (Å²) in [4.78, 5) is 0. The average Bonchev–Trinajstić information content (AvgIpc) is 2.25. The molecule has 1 heterocycles. The van der Waals surface area contributed by atoms with Crippen molar-refractivity contribution in [3.63, 3.8) is 0 Å². The van der Waals surface area contributed by atoms with Gasteiger partial charge >= 0.3 is 0 Å². The summed E-state index contributed by atoms with van der Waals surface area (Å²) < 4.78 is 16.3. The molecule has 0 N–H and O–H groups in total. The van der Waals surface area contributed by atoms with Gasteiger partial charge in [-0.2, -0.15) is 0 Å². The second-order valence-electron chi connectivity index (χ2n) is 3.57. The number of hydrogen-bond acceptors (Lipinski definition) is 3. The van der Waals surface area contributed by atoms with Gasteiger partial charge in [-0.3, -0.25) is 0 Å². The standard InChI is InChI=1S/C11H22O3/c1-2-12-8-5-6-10-14-11-7-3-4-9-13-11/h11H,2-10H2,1H3. The SMILES string of the molecule is CCOCCCCOC1CCCCO1. The summed E-state index contributed by atoms with van der Waals surface area (Å²) in [5.41, 5.74) is 0. The topological polar surface area (TPSA) is 27.7 Å². The van der Waals surface area contributed by atoms with Crippen molar-refractivity contribution in [1.82, 2.24) is 0 Å². The van der Waals surface area contributed by atoms with Crippen LogP contribution >= 0.6 is 0 Å². The molecule has 0 aromatic carbocycles. The van der Waals surface area contributed by atoms with Crippen LogP contribution in [-0.4, -0.2) is 32.7 Å². The van der Waals surface area contributed by atoms with E-state index in [1.165, 1.54) is 12.8 Å². The molecule has 1 aliphatic rings. The Balaban J connectivity index is 1.82. The largest absolute Gasteiger partial charge is 0.382 e. The van der Waals surface area contributed by atoms with E-state index in [1.54, 1.807) is 0 Å². The van der Waals surface area contributed by atoms with E-state index in [9.17, 15) is 0 Å². The number of unbranched alkanes of at least 4 members (excludes halogenated alkanes) is 1. The van der Waals surface area contributed by atoms with Crippen molar-refractivity contribution in [3.8, 4) is 0 Å². The molecule has 1 atom stereocenters. The highest BCUT2D eigenvalue weighted by molar-refractivity contribution is 4.53. The second kappa shape index (κ2) is 8.21. The first-order valence-electron chi connectivity index (χ1n) is 5.74. The van der Waals surface area contributed by atoms with Gasteiger partial charge in [-0.05, 0) is 39.0 Å². The molecule has 0 aliphatic carbocycles. The van der Waals surface area contributed by atoms with Crippen LogP contribution in [0.5, 0.6) is 0 Å². The fraction of sp³-hybridized carbons (Fsp3) is 1.00. The first kappa shape index (κ1) is 12.0. The minimum Gasteiger partial charge on any atom is -0.382 e. The zero-order chi connectivity index (χ0) is 10.1. The molecular weight excluding hydrogens is 180 g/mol. The molecule has 3 nitrogen and oxygen atoms in total. The van der Waals surface area contributed by atoms with Crippen LogP contribution in [0.15, 0.2) is 0 Å². The Kier molecular flexibility index (Phi) is 7.01. The fourth-order valence-electron chi connectivity index (χ4n) is 1.51. The molecule has 1 fully saturated rings. The van der Waals surface area contributed by atoms with Gasteiger partial charge < -0.3 is 14.2 Å². The number of rotatable bonds is 7. The highest BCUT2D eigenvalue weighted by Crippen LogP contribution is 2.13. The summed E-state index contributed by atoms with van der Waals surface area (Å²) in [5.74, 6) is 0. The maximum absolute atomic E-state index is 5.59. The molecule has 0 amide bonds. The zero-order valence-electron chi connectivity index (χ0n) is 9.17. The number of hydrogen-bond donors (Lipinski definition) is 0. The molecule has 0 radical (unpaired) electrons. The van der Waals surface area contributed by atoms with Crippen LogP contribution in [-0.2, 0) is 14.2 Å². The van der Waals surface area contributed by atoms with Gasteiger partial charge in [-0.25, -0.2) is 0 Å². The van der Waals surface area contributed by atoms with E-state index in [4.69, 9.17) is 14.2 Å². The highest BCUT2D eigenvalue weighted by atomic mass is 16.7. The van der Waals surface area contributed by atoms with Crippen LogP contribution in [0, 0.1) is 0 Å². The Morgan fingerprint density at radius 1 is 1.21 bits per heavy atom. The summed E-state index contributed by atoms with van der Waals surface area (Å²) in [6.45, 7) is 5.35. The Hall–Kier alpha value is -0.120. The molecule has 0 aromatic rings. The van der Waals surface area contributed by atoms with Gasteiger partial charge in [-0.1, -0.05) is 0 Å². The molecule has 0 saturated carbocycles. The number of ether oxygens (including phenoxy) is 3. The predicted molar refractivity (Wildman–Crippen MR) is 55.3 cm³/mol. The van der Waals surface area contributed by atoms with Crippen molar-refractivity contribution < 1.29 is 14.2 Å². The molecule has 3 heteroatoms. The molecule has 0 spiro atoms. The van der Waals surface area contributed by atoms with Gasteiger partial charge in [0.1, 0.15) is 0 Å². The minimum atomic E-state index is 0.0656. The Morgan fingerprint density at radius 3 is 2.79 bits per heavy atom. The summed E-state index contributed by atoms with van der Waals surface area (Å²) in [6.07, 6.45) is 5.70. The third-order valence-electron chi connectivity index (χ3n) is 2.33. The lowest BCUT2D eigenvalue weighted by Gasteiger charge is -2.22. The van der Waals surface area contributed by atoms with Gasteiger partial charge in [0.25, 0.3) is 0 Å². The quantitative estimate of drug-likeness (QED) is 0.593. The van der Waals surface area contributed by atoms with E-state index in [1.807, 2.05) is 6.92 Å². The smallest absolute Gasteiger partial charge is 0.157 e. The second-order valence-corrected chi connectivity index (χ2v) is 3.57. The van der Waals surface area contributed by atoms with Crippen molar-refractivity contribution in [2.45, 2.75) is 45.3 Å². The lowest BCUT2D eigenvalue weighted by atomic mass is 10.2. The summed E-state index contributed by atoms with van der Waals surface area (Å²) in [6, 6.07) is 0. The van der Waals surface area contributed by atoms with E-state index in [0.717, 1.165) is 45.7 Å². The summed E-state index contributed by atoms with van der Waals surface area (Å²) in [7, 11) is 0. The van der Waals surface area contributed by atoms with Gasteiger partial charge in [-0.15, -0.1) is 0 Å². The van der Waals surface area contributed by atoms with Crippen molar-refractivity contribution in [2.24, 2.45) is 0 Å². The maximum atomic E-state index is 5.59. The Morgan fingerprint density at radius 2 is 2.07 bits per heavy atom. The van der Waals surface area contributed by atoms with E-state index in [0.29, 0.717) is 0 Å². The van der Waals surface area contributed by atoms with Gasteiger partial charge in [0.05, 0.1) is 0 Å². The molecule has 1 saturated heterocycles. The van der Waals surface area contributed by atoms with Crippen molar-refractivity contribution >= 4 is 0 Å². The van der Waals surface area contributed by atoms with Gasteiger partial charge in [0.2, 0.25) is 0 Å². The van der Waals surface area contributed by atoms with Crippen molar-refractivity contribution in [3.05, 3.63) is 0 Å².